The molecule has 0 spiro atoms. The van der Waals surface area contributed by atoms with Gasteiger partial charge in [0.25, 0.3) is 0 Å². The van der Waals surface area contributed by atoms with Crippen LogP contribution in [0, 0.1) is 39.4 Å². The van der Waals surface area contributed by atoms with Crippen LogP contribution in [0.25, 0.3) is 0 Å². The van der Waals surface area contributed by atoms with E-state index in [1.54, 1.807) is 12.5 Å². The van der Waals surface area contributed by atoms with Gasteiger partial charge in [0.15, 0.2) is 0 Å². The quantitative estimate of drug-likeness (QED) is 0.629. The lowest BCUT2D eigenvalue weighted by Gasteiger charge is -2.62. The molecule has 0 aliphatic heterocycles. The largest absolute Gasteiger partial charge is 0.472 e. The summed E-state index contributed by atoms with van der Waals surface area (Å²) in [6.45, 7) is 12.0. The molecule has 3 heteroatoms. The second-order valence-electron chi connectivity index (χ2n) is 11.7. The molecule has 0 unspecified atom stereocenters. The summed E-state index contributed by atoms with van der Waals surface area (Å²) >= 11 is 0. The van der Waals surface area contributed by atoms with E-state index in [2.05, 4.69) is 34.6 Å². The molecule has 0 bridgehead atoms. The molecule has 0 radical (unpaired) electrons. The van der Waals surface area contributed by atoms with Gasteiger partial charge in [0.05, 0.1) is 18.6 Å². The zero-order chi connectivity index (χ0) is 20.4. The van der Waals surface area contributed by atoms with E-state index < -0.39 is 6.10 Å². The van der Waals surface area contributed by atoms with Crippen LogP contribution in [0.2, 0.25) is 0 Å². The van der Waals surface area contributed by atoms with Crippen LogP contribution in [-0.4, -0.2) is 11.4 Å². The third-order valence-corrected chi connectivity index (χ3v) is 9.73. The number of hydrogen-bond acceptors (Lipinski definition) is 3. The number of carbonyl (C=O) groups excluding carboxylic acids is 1. The second-order valence-corrected chi connectivity index (χ2v) is 11.7. The molecule has 4 rings (SSSR count). The smallest absolute Gasteiger partial charge is 0.126 e. The first-order valence-electron chi connectivity index (χ1n) is 11.2. The molecule has 0 aromatic carbocycles. The zero-order valence-electron chi connectivity index (χ0n) is 18.3. The van der Waals surface area contributed by atoms with E-state index in [0.717, 1.165) is 17.9 Å². The van der Waals surface area contributed by atoms with Gasteiger partial charge >= 0.3 is 0 Å². The number of carbonyl (C=O) groups is 1. The summed E-state index contributed by atoms with van der Waals surface area (Å²) in [6.07, 6.45) is 11.9. The Labute approximate surface area is 170 Å². The molecule has 3 saturated carbocycles. The van der Waals surface area contributed by atoms with Crippen molar-refractivity contribution in [2.75, 3.05) is 0 Å². The van der Waals surface area contributed by atoms with Gasteiger partial charge in [0.2, 0.25) is 0 Å². The highest BCUT2D eigenvalue weighted by Gasteiger charge is 2.67. The van der Waals surface area contributed by atoms with Gasteiger partial charge in [-0.2, -0.15) is 0 Å². The van der Waals surface area contributed by atoms with Crippen LogP contribution in [0.15, 0.2) is 23.0 Å². The van der Waals surface area contributed by atoms with Crippen molar-refractivity contribution in [2.24, 2.45) is 39.4 Å². The number of aldehydes is 1. The minimum absolute atomic E-state index is 0.110. The van der Waals surface area contributed by atoms with Crippen molar-refractivity contribution < 1.29 is 14.3 Å². The van der Waals surface area contributed by atoms with Crippen molar-refractivity contribution in [3.63, 3.8) is 0 Å². The van der Waals surface area contributed by atoms with E-state index >= 15 is 0 Å². The number of hydrogen-bond donors (Lipinski definition) is 1. The minimum Gasteiger partial charge on any atom is -0.472 e. The van der Waals surface area contributed by atoms with E-state index in [1.165, 1.54) is 38.4 Å². The van der Waals surface area contributed by atoms with E-state index in [4.69, 9.17) is 4.42 Å². The maximum absolute atomic E-state index is 12.4. The van der Waals surface area contributed by atoms with Gasteiger partial charge in [-0.05, 0) is 78.6 Å². The van der Waals surface area contributed by atoms with Crippen LogP contribution < -0.4 is 0 Å². The van der Waals surface area contributed by atoms with Crippen molar-refractivity contribution in [3.8, 4) is 0 Å². The fourth-order valence-electron chi connectivity index (χ4n) is 8.40. The van der Waals surface area contributed by atoms with Crippen LogP contribution in [0.4, 0.5) is 0 Å². The number of furan rings is 1. The lowest BCUT2D eigenvalue weighted by atomic mass is 9.43. The van der Waals surface area contributed by atoms with E-state index in [0.29, 0.717) is 23.2 Å². The summed E-state index contributed by atoms with van der Waals surface area (Å²) in [5.41, 5.74) is 1.27. The molecule has 1 aromatic heterocycles. The topological polar surface area (TPSA) is 50.4 Å². The van der Waals surface area contributed by atoms with Crippen molar-refractivity contribution in [3.05, 3.63) is 24.2 Å². The molecule has 0 amide bonds. The van der Waals surface area contributed by atoms with E-state index in [1.807, 2.05) is 6.07 Å². The van der Waals surface area contributed by atoms with Crippen molar-refractivity contribution >= 4 is 6.29 Å². The average molecular weight is 387 g/mol. The molecular weight excluding hydrogens is 348 g/mol. The standard InChI is InChI=1S/C25H38O3/c1-22(2)9-6-10-24(4)19(22)7-11-25(5)20(23(3,16-26)14-21(24)25)13-18(27)17-8-12-28-15-17/h8,12,15-16,18-21,27H,6-7,9-11,13-14H2,1-5H3/t18-,19+,20-,21-,23-,24+,25+/m0/s1. The summed E-state index contributed by atoms with van der Waals surface area (Å²) < 4.78 is 5.19. The molecule has 3 aliphatic rings. The summed E-state index contributed by atoms with van der Waals surface area (Å²) in [6, 6.07) is 1.85. The molecule has 0 saturated heterocycles. The van der Waals surface area contributed by atoms with Gasteiger partial charge in [0, 0.05) is 11.0 Å². The van der Waals surface area contributed by atoms with Crippen LogP contribution in [0.1, 0.15) is 91.2 Å². The van der Waals surface area contributed by atoms with Crippen LogP contribution in [0.5, 0.6) is 0 Å². The Bertz CT molecular complexity index is 722. The van der Waals surface area contributed by atoms with Crippen LogP contribution >= 0.6 is 0 Å². The Hall–Kier alpha value is -1.09. The van der Waals surface area contributed by atoms with Crippen molar-refractivity contribution in [1.82, 2.24) is 0 Å². The Morgan fingerprint density at radius 1 is 1.14 bits per heavy atom. The summed E-state index contributed by atoms with van der Waals surface area (Å²) in [7, 11) is 0. The molecule has 28 heavy (non-hydrogen) atoms. The van der Waals surface area contributed by atoms with Crippen LogP contribution in [-0.2, 0) is 4.79 Å². The summed E-state index contributed by atoms with van der Waals surface area (Å²) in [5.74, 6) is 1.49. The lowest BCUT2D eigenvalue weighted by Crippen LogP contribution is -2.54. The number of aliphatic hydroxyl groups is 1. The van der Waals surface area contributed by atoms with E-state index in [9.17, 15) is 9.90 Å². The van der Waals surface area contributed by atoms with Crippen LogP contribution in [0.3, 0.4) is 0 Å². The predicted molar refractivity (Wildman–Crippen MR) is 111 cm³/mol. The molecule has 3 fully saturated rings. The zero-order valence-corrected chi connectivity index (χ0v) is 18.3. The molecule has 1 N–H and O–H groups in total. The monoisotopic (exact) mass is 386 g/mol. The summed E-state index contributed by atoms with van der Waals surface area (Å²) in [4.78, 5) is 12.4. The Morgan fingerprint density at radius 2 is 1.89 bits per heavy atom. The molecular formula is C25H38O3. The predicted octanol–water partition coefficient (Wildman–Crippen LogP) is 6.18. The Balaban J connectivity index is 1.70. The average Bonchev–Trinajstić information content (AvgIpc) is 3.23. The first kappa shape index (κ1) is 20.2. The fraction of sp³-hybridized carbons (Fsp3) is 0.800. The van der Waals surface area contributed by atoms with Gasteiger partial charge in [-0.1, -0.05) is 41.0 Å². The Kier molecular flexibility index (Phi) is 4.65. The minimum atomic E-state index is -0.563. The third kappa shape index (κ3) is 2.75. The van der Waals surface area contributed by atoms with E-state index in [-0.39, 0.29) is 16.7 Å². The van der Waals surface area contributed by atoms with Gasteiger partial charge in [-0.15, -0.1) is 0 Å². The normalized spacial score (nSPS) is 45.9. The second kappa shape index (κ2) is 6.45. The molecule has 3 aliphatic carbocycles. The highest BCUT2D eigenvalue weighted by Crippen LogP contribution is 2.73. The SMILES string of the molecule is CC1(C)CCC[C@@]2(C)[C@@H]3C[C@@](C)(C=O)[C@H](C[C@H](O)c4ccoc4)[C@@]3(C)CC[C@H]12. The highest BCUT2D eigenvalue weighted by atomic mass is 16.3. The first-order chi connectivity index (χ1) is 13.1. The number of fused-ring (bicyclic) bond motifs is 3. The molecule has 3 nitrogen and oxygen atoms in total. The summed E-state index contributed by atoms with van der Waals surface area (Å²) in [5, 5.41) is 10.9. The molecule has 1 heterocycles. The van der Waals surface area contributed by atoms with Gasteiger partial charge < -0.3 is 14.3 Å². The fourth-order valence-corrected chi connectivity index (χ4v) is 8.40. The molecule has 7 atom stereocenters. The van der Waals surface area contributed by atoms with Crippen molar-refractivity contribution in [1.29, 1.82) is 0 Å². The maximum atomic E-state index is 12.4. The maximum Gasteiger partial charge on any atom is 0.126 e. The van der Waals surface area contributed by atoms with Gasteiger partial charge in [-0.3, -0.25) is 0 Å². The number of rotatable bonds is 4. The third-order valence-electron chi connectivity index (χ3n) is 9.73. The van der Waals surface area contributed by atoms with Gasteiger partial charge in [0.1, 0.15) is 6.29 Å². The molecule has 1 aromatic rings. The molecule has 156 valence electrons. The highest BCUT2D eigenvalue weighted by molar-refractivity contribution is 5.61. The van der Waals surface area contributed by atoms with Crippen molar-refractivity contribution in [2.45, 2.75) is 85.7 Å². The van der Waals surface area contributed by atoms with Gasteiger partial charge in [-0.25, -0.2) is 0 Å². The first-order valence-corrected chi connectivity index (χ1v) is 11.2. The number of aliphatic hydroxyl groups excluding tert-OH is 1. The lowest BCUT2D eigenvalue weighted by molar-refractivity contribution is -0.130. The Morgan fingerprint density at radius 3 is 2.54 bits per heavy atom.